The van der Waals surface area contributed by atoms with Gasteiger partial charge < -0.3 is 10.4 Å². The van der Waals surface area contributed by atoms with Crippen molar-refractivity contribution in [3.8, 4) is 0 Å². The molecule has 1 atom stereocenters. The van der Waals surface area contributed by atoms with Gasteiger partial charge in [-0.25, -0.2) is 13.6 Å². The zero-order chi connectivity index (χ0) is 18.6. The number of carboxylic acid groups (broad SMARTS) is 1. The molecule has 0 radical (unpaired) electrons. The van der Waals surface area contributed by atoms with Gasteiger partial charge in [-0.05, 0) is 29.3 Å². The van der Waals surface area contributed by atoms with Crippen LogP contribution in [0.5, 0.6) is 0 Å². The second kappa shape index (κ2) is 8.27. The Bertz CT molecular complexity index is 794. The van der Waals surface area contributed by atoms with Crippen LogP contribution in [0.15, 0.2) is 36.4 Å². The number of rotatable bonds is 6. The number of amides is 1. The summed E-state index contributed by atoms with van der Waals surface area (Å²) in [7, 11) is 0. The van der Waals surface area contributed by atoms with Gasteiger partial charge in [0.15, 0.2) is 0 Å². The van der Waals surface area contributed by atoms with Crippen LogP contribution in [0.3, 0.4) is 0 Å². The largest absolute Gasteiger partial charge is 0.480 e. The van der Waals surface area contributed by atoms with Gasteiger partial charge in [0.05, 0.1) is 6.42 Å². The molecule has 0 aliphatic rings. The van der Waals surface area contributed by atoms with Crippen molar-refractivity contribution in [1.29, 1.82) is 0 Å². The Morgan fingerprint density at radius 3 is 2.32 bits per heavy atom. The molecule has 0 saturated heterocycles. The maximum atomic E-state index is 13.6. The summed E-state index contributed by atoms with van der Waals surface area (Å²) in [4.78, 5) is 23.4. The first-order valence-electron chi connectivity index (χ1n) is 7.17. The van der Waals surface area contributed by atoms with Gasteiger partial charge >= 0.3 is 5.97 Å². The maximum absolute atomic E-state index is 13.6. The summed E-state index contributed by atoms with van der Waals surface area (Å²) >= 11 is 12.0. The van der Waals surface area contributed by atoms with E-state index >= 15 is 0 Å². The van der Waals surface area contributed by atoms with Gasteiger partial charge in [0.1, 0.15) is 17.7 Å². The van der Waals surface area contributed by atoms with Crippen LogP contribution < -0.4 is 5.32 Å². The van der Waals surface area contributed by atoms with Gasteiger partial charge in [-0.2, -0.15) is 0 Å². The smallest absolute Gasteiger partial charge is 0.326 e. The fourth-order valence-electron chi connectivity index (χ4n) is 2.21. The van der Waals surface area contributed by atoms with Crippen LogP contribution in [0, 0.1) is 11.6 Å². The number of carbonyl (C=O) groups is 2. The third-order valence-electron chi connectivity index (χ3n) is 3.47. The molecule has 2 rings (SSSR count). The number of aliphatic carboxylic acids is 1. The first kappa shape index (κ1) is 19.1. The Morgan fingerprint density at radius 1 is 1.12 bits per heavy atom. The van der Waals surface area contributed by atoms with E-state index < -0.39 is 36.0 Å². The van der Waals surface area contributed by atoms with E-state index in [2.05, 4.69) is 5.32 Å². The normalized spacial score (nSPS) is 11.8. The van der Waals surface area contributed by atoms with Gasteiger partial charge in [-0.1, -0.05) is 35.3 Å². The predicted octanol–water partition coefficient (Wildman–Crippen LogP) is 3.63. The fraction of sp³-hybridized carbons (Fsp3) is 0.176. The summed E-state index contributed by atoms with van der Waals surface area (Å²) in [5, 5.41) is 12.1. The van der Waals surface area contributed by atoms with Crippen molar-refractivity contribution in [2.24, 2.45) is 0 Å². The molecule has 0 spiro atoms. The predicted molar refractivity (Wildman–Crippen MR) is 89.8 cm³/mol. The van der Waals surface area contributed by atoms with E-state index in [0.717, 1.165) is 12.1 Å². The summed E-state index contributed by atoms with van der Waals surface area (Å²) in [6.45, 7) is 0. The van der Waals surface area contributed by atoms with E-state index in [9.17, 15) is 23.5 Å². The number of hydrogen-bond donors (Lipinski definition) is 2. The Balaban J connectivity index is 2.11. The molecule has 1 amide bonds. The highest BCUT2D eigenvalue weighted by molar-refractivity contribution is 6.36. The van der Waals surface area contributed by atoms with Gasteiger partial charge in [0.2, 0.25) is 5.91 Å². The molecule has 0 fully saturated rings. The van der Waals surface area contributed by atoms with Crippen molar-refractivity contribution in [1.82, 2.24) is 5.32 Å². The van der Waals surface area contributed by atoms with Crippen LogP contribution in [0.1, 0.15) is 11.1 Å². The highest BCUT2D eigenvalue weighted by Crippen LogP contribution is 2.25. The van der Waals surface area contributed by atoms with Gasteiger partial charge in [-0.3, -0.25) is 4.79 Å². The van der Waals surface area contributed by atoms with E-state index in [1.165, 1.54) is 0 Å². The Hall–Kier alpha value is -2.18. The van der Waals surface area contributed by atoms with Crippen molar-refractivity contribution in [3.05, 3.63) is 69.2 Å². The Labute approximate surface area is 152 Å². The minimum absolute atomic E-state index is 0.0428. The molecule has 0 unspecified atom stereocenters. The molecule has 2 aromatic rings. The number of carbonyl (C=O) groups excluding carboxylic acids is 1. The SMILES string of the molecule is O=C(Cc1ccc(F)cc1F)N[C@@H](Cc1c(Cl)cccc1Cl)C(=O)O. The second-order valence-electron chi connectivity index (χ2n) is 5.28. The minimum Gasteiger partial charge on any atom is -0.480 e. The molecule has 0 saturated carbocycles. The highest BCUT2D eigenvalue weighted by Gasteiger charge is 2.23. The topological polar surface area (TPSA) is 66.4 Å². The van der Waals surface area contributed by atoms with Gasteiger partial charge in [0, 0.05) is 22.5 Å². The van der Waals surface area contributed by atoms with Crippen molar-refractivity contribution >= 4 is 35.1 Å². The number of halogens is 4. The van der Waals surface area contributed by atoms with Crippen molar-refractivity contribution < 1.29 is 23.5 Å². The molecule has 0 heterocycles. The van der Waals surface area contributed by atoms with E-state index in [0.29, 0.717) is 11.6 Å². The molecule has 4 nitrogen and oxygen atoms in total. The van der Waals surface area contributed by atoms with Gasteiger partial charge in [0.25, 0.3) is 0 Å². The third kappa shape index (κ3) is 5.14. The summed E-state index contributed by atoms with van der Waals surface area (Å²) < 4.78 is 26.5. The Morgan fingerprint density at radius 2 is 1.76 bits per heavy atom. The van der Waals surface area contributed by atoms with E-state index in [1.54, 1.807) is 18.2 Å². The number of hydrogen-bond acceptors (Lipinski definition) is 2. The third-order valence-corrected chi connectivity index (χ3v) is 4.18. The van der Waals surface area contributed by atoms with Crippen molar-refractivity contribution in [2.75, 3.05) is 0 Å². The fourth-order valence-corrected chi connectivity index (χ4v) is 2.77. The first-order valence-corrected chi connectivity index (χ1v) is 7.92. The molecule has 132 valence electrons. The van der Waals surface area contributed by atoms with E-state index in [4.69, 9.17) is 23.2 Å². The quantitative estimate of drug-likeness (QED) is 0.795. The minimum atomic E-state index is -1.30. The molecule has 2 aromatic carbocycles. The summed E-state index contributed by atoms with van der Waals surface area (Å²) in [6, 6.07) is 6.22. The summed E-state index contributed by atoms with van der Waals surface area (Å²) in [5.74, 6) is -3.65. The monoisotopic (exact) mass is 387 g/mol. The van der Waals surface area contributed by atoms with E-state index in [1.807, 2.05) is 0 Å². The maximum Gasteiger partial charge on any atom is 0.326 e. The summed E-state index contributed by atoms with van der Waals surface area (Å²) in [5.41, 5.74) is 0.338. The molecule has 8 heteroatoms. The molecule has 0 aromatic heterocycles. The first-order chi connectivity index (χ1) is 11.8. The number of benzene rings is 2. The molecular weight excluding hydrogens is 375 g/mol. The van der Waals surface area contributed by atoms with Crippen LogP contribution in [0.2, 0.25) is 10.0 Å². The zero-order valence-corrected chi connectivity index (χ0v) is 14.2. The summed E-state index contributed by atoms with van der Waals surface area (Å²) in [6.07, 6.45) is -0.558. The standard InChI is InChI=1S/C17H13Cl2F2NO3/c18-12-2-1-3-13(19)11(12)8-15(17(24)25)22-16(23)6-9-4-5-10(20)7-14(9)21/h1-5,7,15H,6,8H2,(H,22,23)(H,24,25)/t15-/m0/s1. The highest BCUT2D eigenvalue weighted by atomic mass is 35.5. The van der Waals surface area contributed by atoms with Crippen LogP contribution in [-0.2, 0) is 22.4 Å². The van der Waals surface area contributed by atoms with Crippen LogP contribution in [0.4, 0.5) is 8.78 Å². The molecule has 0 bridgehead atoms. The second-order valence-corrected chi connectivity index (χ2v) is 6.09. The van der Waals surface area contributed by atoms with Crippen molar-refractivity contribution in [3.63, 3.8) is 0 Å². The van der Waals surface area contributed by atoms with Crippen LogP contribution in [-0.4, -0.2) is 23.0 Å². The molecule has 25 heavy (non-hydrogen) atoms. The lowest BCUT2D eigenvalue weighted by atomic mass is 10.0. The van der Waals surface area contributed by atoms with Crippen LogP contribution in [0.25, 0.3) is 0 Å². The molecular formula is C17H13Cl2F2NO3. The molecule has 2 N–H and O–H groups in total. The van der Waals surface area contributed by atoms with Crippen LogP contribution >= 0.6 is 23.2 Å². The van der Waals surface area contributed by atoms with E-state index in [-0.39, 0.29) is 22.0 Å². The number of carboxylic acids is 1. The van der Waals surface area contributed by atoms with Gasteiger partial charge in [-0.15, -0.1) is 0 Å². The molecule has 0 aliphatic heterocycles. The Kier molecular flexibility index (Phi) is 6.33. The van der Waals surface area contributed by atoms with Crippen molar-refractivity contribution in [2.45, 2.75) is 18.9 Å². The lowest BCUT2D eigenvalue weighted by Crippen LogP contribution is -2.43. The lowest BCUT2D eigenvalue weighted by Gasteiger charge is -2.16. The number of nitrogens with one attached hydrogen (secondary N) is 1. The average Bonchev–Trinajstić information content (AvgIpc) is 2.52. The average molecular weight is 388 g/mol. The zero-order valence-electron chi connectivity index (χ0n) is 12.7. The lowest BCUT2D eigenvalue weighted by molar-refractivity contribution is -0.141. The molecule has 0 aliphatic carbocycles.